The molecule has 0 heterocycles. The van der Waals surface area contributed by atoms with Crippen LogP contribution in [0, 0.1) is 5.82 Å². The van der Waals surface area contributed by atoms with Gasteiger partial charge in [-0.05, 0) is 44.9 Å². The third kappa shape index (κ3) is 2.95. The van der Waals surface area contributed by atoms with Gasteiger partial charge in [-0.25, -0.2) is 4.39 Å². The van der Waals surface area contributed by atoms with E-state index >= 15 is 0 Å². The second kappa shape index (κ2) is 5.30. The molecular weight excluding hydrogens is 205 g/mol. The van der Waals surface area contributed by atoms with Crippen molar-refractivity contribution in [2.45, 2.75) is 37.8 Å². The van der Waals surface area contributed by atoms with Crippen molar-refractivity contribution in [1.29, 1.82) is 0 Å². The van der Waals surface area contributed by atoms with Crippen LogP contribution in [0.15, 0.2) is 24.3 Å². The molecule has 1 aliphatic carbocycles. The molecule has 16 heavy (non-hydrogen) atoms. The van der Waals surface area contributed by atoms with Crippen LogP contribution < -0.4 is 10.1 Å². The van der Waals surface area contributed by atoms with Crippen molar-refractivity contribution in [1.82, 2.24) is 5.32 Å². The number of ether oxygens (including phenoxy) is 1. The molecule has 1 aliphatic rings. The Labute approximate surface area is 95.8 Å². The molecule has 88 valence electrons. The van der Waals surface area contributed by atoms with Crippen molar-refractivity contribution in [3.05, 3.63) is 30.1 Å². The fourth-order valence-corrected chi connectivity index (χ4v) is 2.25. The lowest BCUT2D eigenvalue weighted by Gasteiger charge is -2.29. The average Bonchev–Trinajstić information content (AvgIpc) is 2.29. The number of hydrogen-bond acceptors (Lipinski definition) is 2. The first kappa shape index (κ1) is 11.4. The summed E-state index contributed by atoms with van der Waals surface area (Å²) in [5.41, 5.74) is 0. The minimum absolute atomic E-state index is 0.216. The van der Waals surface area contributed by atoms with E-state index < -0.39 is 0 Å². The molecule has 0 saturated heterocycles. The lowest BCUT2D eigenvalue weighted by atomic mass is 9.93. The summed E-state index contributed by atoms with van der Waals surface area (Å²) in [6.07, 6.45) is 4.67. The molecule has 0 bridgehead atoms. The molecule has 0 spiro atoms. The van der Waals surface area contributed by atoms with Crippen LogP contribution in [-0.4, -0.2) is 19.2 Å². The summed E-state index contributed by atoms with van der Waals surface area (Å²) in [6.45, 7) is 0. The Bertz CT molecular complexity index is 342. The maximum Gasteiger partial charge on any atom is 0.126 e. The first-order valence-corrected chi connectivity index (χ1v) is 5.87. The molecule has 1 N–H and O–H groups in total. The van der Waals surface area contributed by atoms with Crippen molar-refractivity contribution in [3.63, 3.8) is 0 Å². The molecule has 0 aromatic heterocycles. The molecule has 3 heteroatoms. The van der Waals surface area contributed by atoms with Crippen LogP contribution in [-0.2, 0) is 0 Å². The molecule has 2 rings (SSSR count). The van der Waals surface area contributed by atoms with Gasteiger partial charge in [0, 0.05) is 12.1 Å². The van der Waals surface area contributed by atoms with Crippen molar-refractivity contribution >= 4 is 0 Å². The highest BCUT2D eigenvalue weighted by Gasteiger charge is 2.21. The number of benzene rings is 1. The predicted octanol–water partition coefficient (Wildman–Crippen LogP) is 2.74. The lowest BCUT2D eigenvalue weighted by Crippen LogP contribution is -2.36. The van der Waals surface area contributed by atoms with E-state index in [0.29, 0.717) is 11.8 Å². The number of hydrogen-bond donors (Lipinski definition) is 1. The summed E-state index contributed by atoms with van der Waals surface area (Å²) in [5.74, 6) is 0.403. The topological polar surface area (TPSA) is 21.3 Å². The smallest absolute Gasteiger partial charge is 0.126 e. The molecule has 1 fully saturated rings. The highest BCUT2D eigenvalue weighted by molar-refractivity contribution is 5.22. The summed E-state index contributed by atoms with van der Waals surface area (Å²) in [4.78, 5) is 0. The lowest BCUT2D eigenvalue weighted by molar-refractivity contribution is 0.136. The first-order valence-electron chi connectivity index (χ1n) is 5.87. The Balaban J connectivity index is 1.94. The molecule has 0 radical (unpaired) electrons. The SMILES string of the molecule is CNC1CCCC(Oc2cccc(F)c2)C1. The van der Waals surface area contributed by atoms with Crippen molar-refractivity contribution in [2.24, 2.45) is 0 Å². The Morgan fingerprint density at radius 2 is 2.25 bits per heavy atom. The van der Waals surface area contributed by atoms with Crippen molar-refractivity contribution in [3.8, 4) is 5.75 Å². The molecule has 1 aromatic rings. The zero-order valence-corrected chi connectivity index (χ0v) is 9.58. The summed E-state index contributed by atoms with van der Waals surface area (Å²) in [7, 11) is 1.98. The first-order chi connectivity index (χ1) is 7.78. The Morgan fingerprint density at radius 3 is 3.00 bits per heavy atom. The van der Waals surface area contributed by atoms with Gasteiger partial charge in [0.1, 0.15) is 17.7 Å². The van der Waals surface area contributed by atoms with Crippen LogP contribution in [0.1, 0.15) is 25.7 Å². The minimum atomic E-state index is -0.238. The van der Waals surface area contributed by atoms with Crippen LogP contribution in [0.2, 0.25) is 0 Å². The van der Waals surface area contributed by atoms with Crippen LogP contribution in [0.4, 0.5) is 4.39 Å². The molecular formula is C13H18FNO. The highest BCUT2D eigenvalue weighted by atomic mass is 19.1. The van der Waals surface area contributed by atoms with Gasteiger partial charge in [0.25, 0.3) is 0 Å². The molecule has 2 unspecified atom stereocenters. The fraction of sp³-hybridized carbons (Fsp3) is 0.538. The maximum atomic E-state index is 13.0. The minimum Gasteiger partial charge on any atom is -0.490 e. The summed E-state index contributed by atoms with van der Waals surface area (Å²) < 4.78 is 18.8. The summed E-state index contributed by atoms with van der Waals surface area (Å²) in [5, 5.41) is 3.28. The maximum absolute atomic E-state index is 13.0. The van der Waals surface area contributed by atoms with E-state index in [-0.39, 0.29) is 11.9 Å². The standard InChI is InChI=1S/C13H18FNO/c1-15-11-5-3-7-13(9-11)16-12-6-2-4-10(14)8-12/h2,4,6,8,11,13,15H,3,5,7,9H2,1H3. The zero-order chi connectivity index (χ0) is 11.4. The normalized spacial score (nSPS) is 25.4. The van der Waals surface area contributed by atoms with Gasteiger partial charge in [-0.3, -0.25) is 0 Å². The monoisotopic (exact) mass is 223 g/mol. The van der Waals surface area contributed by atoms with E-state index in [0.717, 1.165) is 12.8 Å². The highest BCUT2D eigenvalue weighted by Crippen LogP contribution is 2.23. The second-order valence-electron chi connectivity index (χ2n) is 4.35. The third-order valence-corrected chi connectivity index (χ3v) is 3.13. The third-order valence-electron chi connectivity index (χ3n) is 3.13. The molecule has 0 aliphatic heterocycles. The molecule has 1 saturated carbocycles. The quantitative estimate of drug-likeness (QED) is 0.850. The molecule has 0 amide bonds. The predicted molar refractivity (Wildman–Crippen MR) is 62.1 cm³/mol. The molecule has 2 nitrogen and oxygen atoms in total. The average molecular weight is 223 g/mol. The number of halogens is 1. The van der Waals surface area contributed by atoms with E-state index in [2.05, 4.69) is 5.32 Å². The molecule has 2 atom stereocenters. The van der Waals surface area contributed by atoms with Gasteiger partial charge in [0.15, 0.2) is 0 Å². The van der Waals surface area contributed by atoms with Gasteiger partial charge in [0.05, 0.1) is 0 Å². The Morgan fingerprint density at radius 1 is 1.38 bits per heavy atom. The van der Waals surface area contributed by atoms with E-state index in [1.165, 1.54) is 25.0 Å². The number of nitrogens with one attached hydrogen (secondary N) is 1. The van der Waals surface area contributed by atoms with E-state index in [9.17, 15) is 4.39 Å². The fourth-order valence-electron chi connectivity index (χ4n) is 2.25. The van der Waals surface area contributed by atoms with Gasteiger partial charge in [-0.1, -0.05) is 6.07 Å². The van der Waals surface area contributed by atoms with Gasteiger partial charge >= 0.3 is 0 Å². The van der Waals surface area contributed by atoms with Gasteiger partial charge in [-0.15, -0.1) is 0 Å². The Hall–Kier alpha value is -1.09. The zero-order valence-electron chi connectivity index (χ0n) is 9.58. The van der Waals surface area contributed by atoms with E-state index in [1.54, 1.807) is 6.07 Å². The largest absolute Gasteiger partial charge is 0.490 e. The van der Waals surface area contributed by atoms with Crippen LogP contribution in [0.5, 0.6) is 5.75 Å². The van der Waals surface area contributed by atoms with Crippen molar-refractivity contribution in [2.75, 3.05) is 7.05 Å². The summed E-state index contributed by atoms with van der Waals surface area (Å²) in [6, 6.07) is 6.91. The van der Waals surface area contributed by atoms with Gasteiger partial charge in [-0.2, -0.15) is 0 Å². The van der Waals surface area contributed by atoms with Crippen molar-refractivity contribution < 1.29 is 9.13 Å². The molecule has 1 aromatic carbocycles. The van der Waals surface area contributed by atoms with Crippen LogP contribution in [0.25, 0.3) is 0 Å². The van der Waals surface area contributed by atoms with Gasteiger partial charge in [0.2, 0.25) is 0 Å². The van der Waals surface area contributed by atoms with E-state index in [1.807, 2.05) is 13.1 Å². The van der Waals surface area contributed by atoms with Crippen LogP contribution >= 0.6 is 0 Å². The van der Waals surface area contributed by atoms with Gasteiger partial charge < -0.3 is 10.1 Å². The number of rotatable bonds is 3. The van der Waals surface area contributed by atoms with Crippen LogP contribution in [0.3, 0.4) is 0 Å². The second-order valence-corrected chi connectivity index (χ2v) is 4.35. The summed E-state index contributed by atoms with van der Waals surface area (Å²) >= 11 is 0. The Kier molecular flexibility index (Phi) is 3.78. The van der Waals surface area contributed by atoms with E-state index in [4.69, 9.17) is 4.74 Å².